The van der Waals surface area contributed by atoms with Crippen LogP contribution in [-0.2, 0) is 11.0 Å². The fourth-order valence-electron chi connectivity index (χ4n) is 4.23. The van der Waals surface area contributed by atoms with Gasteiger partial charge in [0.05, 0.1) is 16.6 Å². The molecule has 0 spiro atoms. The molecule has 3 aromatic rings. The summed E-state index contributed by atoms with van der Waals surface area (Å²) in [6.07, 6.45) is 0.272. The molecule has 198 valence electrons. The van der Waals surface area contributed by atoms with E-state index >= 15 is 0 Å². The zero-order valence-corrected chi connectivity index (χ0v) is 22.1. The monoisotopic (exact) mass is 552 g/mol. The number of carbonyl (C=O) groups excluding carboxylic acids is 1. The van der Waals surface area contributed by atoms with Gasteiger partial charge in [-0.15, -0.1) is 17.9 Å². The minimum absolute atomic E-state index is 0.00566. The molecule has 1 saturated heterocycles. The number of aromatic nitrogens is 2. The third-order valence-electron chi connectivity index (χ3n) is 6.30. The maximum atomic E-state index is 13.1. The molecule has 0 aliphatic carbocycles. The highest BCUT2D eigenvalue weighted by molar-refractivity contribution is 7.13. The van der Waals surface area contributed by atoms with Gasteiger partial charge in [-0.3, -0.25) is 4.79 Å². The number of nitrogens with zero attached hydrogens (tertiary/aromatic N) is 3. The number of alkyl halides is 3. The van der Waals surface area contributed by atoms with Gasteiger partial charge in [0.25, 0.3) is 0 Å². The number of likely N-dealkylation sites (N-methyl/N-ethyl adjacent to an activating group) is 1. The third kappa shape index (κ3) is 6.25. The molecule has 2 atom stereocenters. The molecule has 2 aromatic heterocycles. The molecule has 1 aliphatic heterocycles. The molecule has 3 heterocycles. The Morgan fingerprint density at radius 2 is 2.14 bits per heavy atom. The molecule has 0 saturated carbocycles. The van der Waals surface area contributed by atoms with Crippen molar-refractivity contribution in [3.8, 4) is 16.5 Å². The Hall–Kier alpha value is -2.69. The van der Waals surface area contributed by atoms with Crippen LogP contribution in [0.4, 0.5) is 13.2 Å². The van der Waals surface area contributed by atoms with Crippen molar-refractivity contribution in [3.63, 3.8) is 0 Å². The summed E-state index contributed by atoms with van der Waals surface area (Å²) < 4.78 is 45.7. The predicted molar refractivity (Wildman–Crippen MR) is 140 cm³/mol. The summed E-state index contributed by atoms with van der Waals surface area (Å²) in [4.78, 5) is 22.9. The van der Waals surface area contributed by atoms with Gasteiger partial charge in [0, 0.05) is 43.4 Å². The van der Waals surface area contributed by atoms with E-state index in [1.807, 2.05) is 25.1 Å². The number of nitrogens with one attached hydrogen (secondary N) is 1. The van der Waals surface area contributed by atoms with E-state index in [0.717, 1.165) is 41.5 Å². The number of carbonyl (C=O) groups is 1. The van der Waals surface area contributed by atoms with E-state index in [-0.39, 0.29) is 28.8 Å². The number of thiazole rings is 1. The molecule has 1 unspecified atom stereocenters. The van der Waals surface area contributed by atoms with Crippen LogP contribution in [0.5, 0.6) is 5.75 Å². The molecule has 1 fully saturated rings. The number of hydrogen-bond acceptors (Lipinski definition) is 6. The van der Waals surface area contributed by atoms with Crippen LogP contribution in [0.15, 0.2) is 36.2 Å². The SMILES string of the molecule is C=CCCCCN(C)C(=O)[C@@H]1CC(Oc2cc(-c3nc(C(F)(F)F)cs3)nc3c(Cl)c(C)ccc23)CN1. The first-order valence-corrected chi connectivity index (χ1v) is 13.2. The lowest BCUT2D eigenvalue weighted by molar-refractivity contribution is -0.140. The molecular formula is C26H28ClF3N4O2S. The number of benzene rings is 1. The molecule has 0 radical (unpaired) electrons. The molecule has 1 aliphatic rings. The molecule has 1 amide bonds. The number of allylic oxidation sites excluding steroid dienone is 1. The Bertz CT molecular complexity index is 1300. The van der Waals surface area contributed by atoms with Crippen molar-refractivity contribution < 1.29 is 22.7 Å². The first-order valence-electron chi connectivity index (χ1n) is 12.0. The van der Waals surface area contributed by atoms with Crippen molar-refractivity contribution in [2.45, 2.75) is 50.9 Å². The zero-order valence-electron chi connectivity index (χ0n) is 20.6. The Morgan fingerprint density at radius 1 is 1.35 bits per heavy atom. The summed E-state index contributed by atoms with van der Waals surface area (Å²) in [6.45, 7) is 6.66. The second-order valence-corrected chi connectivity index (χ2v) is 10.4. The van der Waals surface area contributed by atoms with Crippen LogP contribution in [-0.4, -0.2) is 53.1 Å². The van der Waals surface area contributed by atoms with Gasteiger partial charge in [0.15, 0.2) is 5.69 Å². The van der Waals surface area contributed by atoms with Crippen LogP contribution in [0.25, 0.3) is 21.6 Å². The highest BCUT2D eigenvalue weighted by Crippen LogP contribution is 2.38. The van der Waals surface area contributed by atoms with E-state index in [0.29, 0.717) is 41.2 Å². The van der Waals surface area contributed by atoms with Crippen molar-refractivity contribution in [2.75, 3.05) is 20.1 Å². The molecular weight excluding hydrogens is 525 g/mol. The molecule has 4 rings (SSSR count). The first kappa shape index (κ1) is 27.3. The van der Waals surface area contributed by atoms with E-state index in [1.165, 1.54) is 0 Å². The van der Waals surface area contributed by atoms with Crippen molar-refractivity contribution in [1.29, 1.82) is 0 Å². The first-order chi connectivity index (χ1) is 17.6. The van der Waals surface area contributed by atoms with Gasteiger partial charge >= 0.3 is 6.18 Å². The molecule has 37 heavy (non-hydrogen) atoms. The number of hydrogen-bond donors (Lipinski definition) is 1. The Labute approximate surface area is 222 Å². The summed E-state index contributed by atoms with van der Waals surface area (Å²) in [5.41, 5.74) is 0.482. The largest absolute Gasteiger partial charge is 0.488 e. The molecule has 1 aromatic carbocycles. The highest BCUT2D eigenvalue weighted by atomic mass is 35.5. The number of halogens is 4. The van der Waals surface area contributed by atoms with Gasteiger partial charge in [-0.05, 0) is 37.8 Å². The maximum absolute atomic E-state index is 13.1. The van der Waals surface area contributed by atoms with Crippen LogP contribution in [0.1, 0.15) is 36.9 Å². The third-order valence-corrected chi connectivity index (χ3v) is 7.64. The van der Waals surface area contributed by atoms with Crippen LogP contribution in [0.2, 0.25) is 5.02 Å². The fourth-order valence-corrected chi connectivity index (χ4v) is 5.22. The minimum atomic E-state index is -4.55. The van der Waals surface area contributed by atoms with Crippen LogP contribution >= 0.6 is 22.9 Å². The smallest absolute Gasteiger partial charge is 0.434 e. The minimum Gasteiger partial charge on any atom is -0.488 e. The maximum Gasteiger partial charge on any atom is 0.434 e. The van der Waals surface area contributed by atoms with E-state index < -0.39 is 11.9 Å². The second-order valence-electron chi connectivity index (χ2n) is 9.11. The Balaban J connectivity index is 1.56. The fraction of sp³-hybridized carbons (Fsp3) is 0.423. The van der Waals surface area contributed by atoms with Crippen LogP contribution < -0.4 is 10.1 Å². The van der Waals surface area contributed by atoms with Crippen molar-refractivity contribution >= 4 is 39.7 Å². The molecule has 11 heteroatoms. The van der Waals surface area contributed by atoms with E-state index in [4.69, 9.17) is 16.3 Å². The van der Waals surface area contributed by atoms with Crippen molar-refractivity contribution in [1.82, 2.24) is 20.2 Å². The van der Waals surface area contributed by atoms with Crippen molar-refractivity contribution in [2.24, 2.45) is 0 Å². The van der Waals surface area contributed by atoms with E-state index in [2.05, 4.69) is 21.9 Å². The average Bonchev–Trinajstić information content (AvgIpc) is 3.54. The Morgan fingerprint density at radius 3 is 2.84 bits per heavy atom. The quantitative estimate of drug-likeness (QED) is 0.250. The zero-order chi connectivity index (χ0) is 26.7. The second kappa shape index (κ2) is 11.4. The average molecular weight is 553 g/mol. The van der Waals surface area contributed by atoms with Crippen LogP contribution in [0.3, 0.4) is 0 Å². The van der Waals surface area contributed by atoms with Gasteiger partial charge in [-0.25, -0.2) is 9.97 Å². The van der Waals surface area contributed by atoms with Gasteiger partial charge < -0.3 is 15.0 Å². The van der Waals surface area contributed by atoms with Gasteiger partial charge in [-0.2, -0.15) is 13.2 Å². The van der Waals surface area contributed by atoms with E-state index in [9.17, 15) is 18.0 Å². The standard InChI is InChI=1S/C26H28ClF3N4O2S/c1-4-5-6-7-10-34(3)25(35)19-11-16(13-31-19)36-20-12-18(24-33-21(14-37-24)26(28,29)30)32-23-17(20)9-8-15(2)22(23)27/h4,8-9,12,14,16,19,31H,1,5-7,10-11,13H2,2-3H3/t16?,19-/m0/s1. The summed E-state index contributed by atoms with van der Waals surface area (Å²) in [5.74, 6) is 0.439. The summed E-state index contributed by atoms with van der Waals surface area (Å²) in [5, 5.41) is 5.35. The van der Waals surface area contributed by atoms with Gasteiger partial charge in [0.1, 0.15) is 22.6 Å². The summed E-state index contributed by atoms with van der Waals surface area (Å²) >= 11 is 7.39. The lowest BCUT2D eigenvalue weighted by Crippen LogP contribution is -2.41. The number of amides is 1. The van der Waals surface area contributed by atoms with Gasteiger partial charge in [0.2, 0.25) is 5.91 Å². The molecule has 0 bridgehead atoms. The normalized spacial score (nSPS) is 17.8. The number of ether oxygens (including phenoxy) is 1. The summed E-state index contributed by atoms with van der Waals surface area (Å²) in [6, 6.07) is 4.88. The number of pyridine rings is 1. The topological polar surface area (TPSA) is 67.4 Å². The van der Waals surface area contributed by atoms with Gasteiger partial charge in [-0.1, -0.05) is 23.7 Å². The Kier molecular flexibility index (Phi) is 8.40. The lowest BCUT2D eigenvalue weighted by atomic mass is 10.1. The van der Waals surface area contributed by atoms with Crippen LogP contribution in [0, 0.1) is 6.92 Å². The molecule has 1 N–H and O–H groups in total. The lowest BCUT2D eigenvalue weighted by Gasteiger charge is -2.21. The number of unbranched alkanes of at least 4 members (excludes halogenated alkanes) is 2. The predicted octanol–water partition coefficient (Wildman–Crippen LogP) is 6.26. The number of rotatable bonds is 9. The summed E-state index contributed by atoms with van der Waals surface area (Å²) in [7, 11) is 1.79. The van der Waals surface area contributed by atoms with Crippen molar-refractivity contribution in [3.05, 3.63) is 52.5 Å². The highest BCUT2D eigenvalue weighted by Gasteiger charge is 2.35. The molecule has 6 nitrogen and oxygen atoms in total. The number of fused-ring (bicyclic) bond motifs is 1. The number of aryl methyl sites for hydroxylation is 1. The van der Waals surface area contributed by atoms with E-state index in [1.54, 1.807) is 18.0 Å².